The molecule has 1 heterocycles. The van der Waals surface area contributed by atoms with E-state index >= 15 is 0 Å². The number of alkyl halides is 1. The van der Waals surface area contributed by atoms with Gasteiger partial charge in [0.25, 0.3) is 5.89 Å². The van der Waals surface area contributed by atoms with Crippen LogP contribution in [0.4, 0.5) is 0 Å². The van der Waals surface area contributed by atoms with Crippen molar-refractivity contribution >= 4 is 11.6 Å². The number of aromatic nitrogens is 2. The molecular formula is C12H13ClN2O3. The molecule has 5 nitrogen and oxygen atoms in total. The monoisotopic (exact) mass is 268 g/mol. The summed E-state index contributed by atoms with van der Waals surface area (Å²) < 4.78 is 16.0. The van der Waals surface area contributed by atoms with E-state index in [4.69, 9.17) is 25.5 Å². The predicted molar refractivity (Wildman–Crippen MR) is 67.3 cm³/mol. The Morgan fingerprint density at radius 1 is 1.22 bits per heavy atom. The van der Waals surface area contributed by atoms with Crippen molar-refractivity contribution < 1.29 is 13.9 Å². The normalized spacial score (nSPS) is 10.4. The van der Waals surface area contributed by atoms with E-state index in [-0.39, 0.29) is 0 Å². The van der Waals surface area contributed by atoms with E-state index in [2.05, 4.69) is 10.2 Å². The minimum absolute atomic E-state index is 0.394. The fourth-order valence-electron chi connectivity index (χ4n) is 1.60. The van der Waals surface area contributed by atoms with Gasteiger partial charge in [-0.3, -0.25) is 0 Å². The lowest BCUT2D eigenvalue weighted by molar-refractivity contribution is 0.355. The first-order valence-corrected chi connectivity index (χ1v) is 5.93. The number of hydrogen-bond donors (Lipinski definition) is 0. The Hall–Kier alpha value is -1.75. The molecule has 0 radical (unpaired) electrons. The van der Waals surface area contributed by atoms with Crippen molar-refractivity contribution in [2.75, 3.05) is 20.1 Å². The van der Waals surface area contributed by atoms with Crippen molar-refractivity contribution in [1.82, 2.24) is 10.2 Å². The van der Waals surface area contributed by atoms with Crippen LogP contribution in [0.5, 0.6) is 11.5 Å². The van der Waals surface area contributed by atoms with Crippen LogP contribution in [0.1, 0.15) is 5.89 Å². The van der Waals surface area contributed by atoms with Gasteiger partial charge in [0.1, 0.15) is 0 Å². The summed E-state index contributed by atoms with van der Waals surface area (Å²) in [5, 5.41) is 7.89. The first-order valence-electron chi connectivity index (χ1n) is 5.40. The first kappa shape index (κ1) is 12.7. The first-order chi connectivity index (χ1) is 8.80. The SMILES string of the molecule is COc1cccc(-c2nnc(CCCl)o2)c1OC. The topological polar surface area (TPSA) is 57.4 Å². The molecule has 0 aliphatic heterocycles. The largest absolute Gasteiger partial charge is 0.493 e. The number of ether oxygens (including phenoxy) is 2. The second-order valence-corrected chi connectivity index (χ2v) is 3.86. The van der Waals surface area contributed by atoms with Crippen LogP contribution in [0.2, 0.25) is 0 Å². The minimum Gasteiger partial charge on any atom is -0.493 e. The van der Waals surface area contributed by atoms with Crippen LogP contribution in [0.25, 0.3) is 11.5 Å². The Kier molecular flexibility index (Phi) is 4.04. The maximum absolute atomic E-state index is 5.63. The van der Waals surface area contributed by atoms with Crippen molar-refractivity contribution in [2.45, 2.75) is 6.42 Å². The summed E-state index contributed by atoms with van der Waals surface area (Å²) in [5.41, 5.74) is 0.699. The molecule has 0 spiro atoms. The fourth-order valence-corrected chi connectivity index (χ4v) is 1.76. The molecule has 1 aromatic carbocycles. The van der Waals surface area contributed by atoms with Gasteiger partial charge in [0.05, 0.1) is 19.8 Å². The van der Waals surface area contributed by atoms with Gasteiger partial charge in [0.2, 0.25) is 5.89 Å². The van der Waals surface area contributed by atoms with Gasteiger partial charge in [0.15, 0.2) is 11.5 Å². The van der Waals surface area contributed by atoms with Gasteiger partial charge >= 0.3 is 0 Å². The summed E-state index contributed by atoms with van der Waals surface area (Å²) in [6, 6.07) is 5.47. The number of halogens is 1. The molecule has 0 unspecified atom stereocenters. The Bertz CT molecular complexity index is 528. The van der Waals surface area contributed by atoms with E-state index in [1.54, 1.807) is 20.3 Å². The van der Waals surface area contributed by atoms with E-state index in [0.29, 0.717) is 41.1 Å². The van der Waals surface area contributed by atoms with Crippen LogP contribution in [0, 0.1) is 0 Å². The highest BCUT2D eigenvalue weighted by Crippen LogP contribution is 2.36. The smallest absolute Gasteiger partial charge is 0.251 e. The fraction of sp³-hybridized carbons (Fsp3) is 0.333. The van der Waals surface area contributed by atoms with E-state index in [1.807, 2.05) is 12.1 Å². The van der Waals surface area contributed by atoms with Crippen LogP contribution >= 0.6 is 11.6 Å². The van der Waals surface area contributed by atoms with Gasteiger partial charge in [-0.25, -0.2) is 0 Å². The summed E-state index contributed by atoms with van der Waals surface area (Å²) in [4.78, 5) is 0. The van der Waals surface area contributed by atoms with Crippen LogP contribution in [-0.2, 0) is 6.42 Å². The lowest BCUT2D eigenvalue weighted by Crippen LogP contribution is -1.93. The lowest BCUT2D eigenvalue weighted by atomic mass is 10.2. The molecule has 96 valence electrons. The molecule has 2 aromatic rings. The molecule has 0 amide bonds. The maximum Gasteiger partial charge on any atom is 0.251 e. The average molecular weight is 269 g/mol. The van der Waals surface area contributed by atoms with Crippen LogP contribution in [-0.4, -0.2) is 30.3 Å². The number of methoxy groups -OCH3 is 2. The van der Waals surface area contributed by atoms with Gasteiger partial charge in [-0.15, -0.1) is 21.8 Å². The average Bonchev–Trinajstić information content (AvgIpc) is 2.86. The molecule has 0 aliphatic carbocycles. The molecular weight excluding hydrogens is 256 g/mol. The molecule has 0 saturated heterocycles. The highest BCUT2D eigenvalue weighted by molar-refractivity contribution is 6.17. The number of hydrogen-bond acceptors (Lipinski definition) is 5. The summed E-state index contributed by atoms with van der Waals surface area (Å²) in [6.45, 7) is 0. The standard InChI is InChI=1S/C12H13ClN2O3/c1-16-9-5-3-4-8(11(9)17-2)12-15-14-10(18-12)6-7-13/h3-5H,6-7H2,1-2H3. The zero-order valence-electron chi connectivity index (χ0n) is 10.1. The zero-order chi connectivity index (χ0) is 13.0. The Labute approximate surface area is 110 Å². The van der Waals surface area contributed by atoms with Crippen molar-refractivity contribution in [1.29, 1.82) is 0 Å². The van der Waals surface area contributed by atoms with Gasteiger partial charge < -0.3 is 13.9 Å². The number of para-hydroxylation sites is 1. The Morgan fingerprint density at radius 3 is 2.72 bits per heavy atom. The molecule has 1 aromatic heterocycles. The molecule has 0 bridgehead atoms. The number of rotatable bonds is 5. The van der Waals surface area contributed by atoms with Crippen molar-refractivity contribution in [2.24, 2.45) is 0 Å². The Morgan fingerprint density at radius 2 is 2.06 bits per heavy atom. The second kappa shape index (κ2) is 5.73. The van der Waals surface area contributed by atoms with E-state index in [9.17, 15) is 0 Å². The third-order valence-electron chi connectivity index (χ3n) is 2.41. The minimum atomic E-state index is 0.394. The quantitative estimate of drug-likeness (QED) is 0.780. The molecule has 0 aliphatic rings. The van der Waals surface area contributed by atoms with Crippen molar-refractivity contribution in [3.63, 3.8) is 0 Å². The van der Waals surface area contributed by atoms with Crippen molar-refractivity contribution in [3.8, 4) is 23.0 Å². The predicted octanol–water partition coefficient (Wildman–Crippen LogP) is 2.54. The van der Waals surface area contributed by atoms with Gasteiger partial charge in [0, 0.05) is 12.3 Å². The second-order valence-electron chi connectivity index (χ2n) is 3.48. The van der Waals surface area contributed by atoms with Crippen LogP contribution in [0.3, 0.4) is 0 Å². The van der Waals surface area contributed by atoms with Gasteiger partial charge in [-0.1, -0.05) is 6.07 Å². The van der Waals surface area contributed by atoms with Crippen molar-refractivity contribution in [3.05, 3.63) is 24.1 Å². The molecule has 0 N–H and O–H groups in total. The number of benzene rings is 1. The van der Waals surface area contributed by atoms with E-state index in [0.717, 1.165) is 0 Å². The zero-order valence-corrected chi connectivity index (χ0v) is 10.9. The third kappa shape index (κ3) is 2.41. The highest BCUT2D eigenvalue weighted by Gasteiger charge is 2.16. The molecule has 0 atom stereocenters. The summed E-state index contributed by atoms with van der Waals surface area (Å²) in [7, 11) is 3.14. The molecule has 6 heteroatoms. The number of aryl methyl sites for hydroxylation is 1. The van der Waals surface area contributed by atoms with E-state index in [1.165, 1.54) is 0 Å². The summed E-state index contributed by atoms with van der Waals surface area (Å²) in [6.07, 6.45) is 0.542. The van der Waals surface area contributed by atoms with Gasteiger partial charge in [-0.2, -0.15) is 0 Å². The Balaban J connectivity index is 2.42. The third-order valence-corrected chi connectivity index (χ3v) is 2.60. The van der Waals surface area contributed by atoms with Crippen LogP contribution in [0.15, 0.2) is 22.6 Å². The summed E-state index contributed by atoms with van der Waals surface area (Å²) in [5.74, 6) is 2.53. The van der Waals surface area contributed by atoms with E-state index < -0.39 is 0 Å². The molecule has 0 saturated carbocycles. The molecule has 18 heavy (non-hydrogen) atoms. The summed E-state index contributed by atoms with van der Waals surface area (Å²) >= 11 is 5.63. The lowest BCUT2D eigenvalue weighted by Gasteiger charge is -2.09. The van der Waals surface area contributed by atoms with Crippen LogP contribution < -0.4 is 9.47 Å². The number of nitrogens with zero attached hydrogens (tertiary/aromatic N) is 2. The van der Waals surface area contributed by atoms with Gasteiger partial charge in [-0.05, 0) is 12.1 Å². The highest BCUT2D eigenvalue weighted by atomic mass is 35.5. The molecule has 2 rings (SSSR count). The maximum atomic E-state index is 5.63. The molecule has 0 fully saturated rings.